The number of hydrogen-bond acceptors (Lipinski definition) is 4. The normalized spacial score (nSPS) is 17.2. The van der Waals surface area contributed by atoms with Gasteiger partial charge in [-0.1, -0.05) is 23.7 Å². The van der Waals surface area contributed by atoms with Crippen LogP contribution in [-0.2, 0) is 4.79 Å². The zero-order chi connectivity index (χ0) is 18.2. The Labute approximate surface area is 144 Å². The molecular weight excluding hydrogens is 361 g/mol. The summed E-state index contributed by atoms with van der Waals surface area (Å²) in [5.41, 5.74) is 0.421. The number of aliphatic hydroxyl groups excluding tert-OH is 1. The van der Waals surface area contributed by atoms with E-state index in [9.17, 15) is 23.1 Å². The van der Waals surface area contributed by atoms with E-state index < -0.39 is 24.2 Å². The summed E-state index contributed by atoms with van der Waals surface area (Å²) in [5, 5.41) is 12.6. The zero-order valence-electron chi connectivity index (χ0n) is 12.3. The molecule has 0 bridgehead atoms. The Bertz CT molecular complexity index is 868. The molecule has 3 rings (SSSR count). The Morgan fingerprint density at radius 1 is 1.16 bits per heavy atom. The molecule has 25 heavy (non-hydrogen) atoms. The van der Waals surface area contributed by atoms with Gasteiger partial charge in [0.25, 0.3) is 5.91 Å². The van der Waals surface area contributed by atoms with Crippen molar-refractivity contribution in [3.8, 4) is 5.75 Å². The number of ether oxygens (including phenoxy) is 1. The van der Waals surface area contributed by atoms with Gasteiger partial charge in [0.2, 0.25) is 6.23 Å². The number of nitrogens with zero attached hydrogens (tertiary/aromatic N) is 1. The molecule has 1 aliphatic heterocycles. The van der Waals surface area contributed by atoms with Crippen molar-refractivity contribution in [3.05, 3.63) is 58.6 Å². The first-order valence-electron chi connectivity index (χ1n) is 6.96. The van der Waals surface area contributed by atoms with Crippen LogP contribution in [0.5, 0.6) is 5.75 Å². The summed E-state index contributed by atoms with van der Waals surface area (Å²) in [7, 11) is 0. The number of benzene rings is 2. The van der Waals surface area contributed by atoms with Crippen LogP contribution in [0, 0.1) is 0 Å². The molecule has 1 unspecified atom stereocenters. The second-order valence-corrected chi connectivity index (χ2v) is 5.51. The van der Waals surface area contributed by atoms with Crippen molar-refractivity contribution in [2.45, 2.75) is 12.6 Å². The van der Waals surface area contributed by atoms with Gasteiger partial charge in [0.15, 0.2) is 0 Å². The molecule has 0 radical (unpaired) electrons. The third kappa shape index (κ3) is 3.75. The Balaban J connectivity index is 2.21. The number of carbonyl (C=O) groups is 1. The molecule has 0 aromatic heterocycles. The van der Waals surface area contributed by atoms with E-state index in [1.54, 1.807) is 0 Å². The fourth-order valence-electron chi connectivity index (χ4n) is 2.36. The maximum absolute atomic E-state index is 12.7. The van der Waals surface area contributed by atoms with Crippen LogP contribution in [0.4, 0.5) is 18.9 Å². The second kappa shape index (κ2) is 6.38. The van der Waals surface area contributed by atoms with Crippen LogP contribution in [0.3, 0.4) is 0 Å². The van der Waals surface area contributed by atoms with E-state index in [-0.39, 0.29) is 27.5 Å². The summed E-state index contributed by atoms with van der Waals surface area (Å²) in [4.78, 5) is 15.7. The number of aliphatic imine (C=N–C) groups is 1. The van der Waals surface area contributed by atoms with Crippen molar-refractivity contribution >= 4 is 28.9 Å². The van der Waals surface area contributed by atoms with Gasteiger partial charge in [-0.3, -0.25) is 4.79 Å². The van der Waals surface area contributed by atoms with Crippen molar-refractivity contribution in [3.63, 3.8) is 0 Å². The molecular formula is C16H10ClF3N2O3. The van der Waals surface area contributed by atoms with Crippen LogP contribution < -0.4 is 10.1 Å². The Kier molecular flexibility index (Phi) is 4.40. The highest BCUT2D eigenvalue weighted by molar-refractivity contribution is 6.32. The largest absolute Gasteiger partial charge is 0.573 e. The van der Waals surface area contributed by atoms with E-state index in [1.807, 2.05) is 0 Å². The first kappa shape index (κ1) is 17.2. The topological polar surface area (TPSA) is 70.9 Å². The van der Waals surface area contributed by atoms with Crippen molar-refractivity contribution in [2.75, 3.05) is 5.32 Å². The molecule has 0 saturated heterocycles. The third-order valence-corrected chi connectivity index (χ3v) is 3.58. The lowest BCUT2D eigenvalue weighted by atomic mass is 10.00. The van der Waals surface area contributed by atoms with Crippen molar-refractivity contribution in [1.29, 1.82) is 0 Å². The maximum atomic E-state index is 12.7. The number of benzodiazepines with no additional fused rings is 1. The molecule has 2 N–H and O–H groups in total. The number of carbonyl (C=O) groups excluding carboxylic acids is 1. The predicted octanol–water partition coefficient (Wildman–Crippen LogP) is 3.35. The zero-order valence-corrected chi connectivity index (χ0v) is 13.1. The summed E-state index contributed by atoms with van der Waals surface area (Å²) in [6.45, 7) is 0. The van der Waals surface area contributed by atoms with Crippen LogP contribution in [0.2, 0.25) is 5.02 Å². The number of rotatable bonds is 2. The second-order valence-electron chi connectivity index (χ2n) is 5.07. The molecule has 5 nitrogen and oxygen atoms in total. The average Bonchev–Trinajstić information content (AvgIpc) is 2.64. The quantitative estimate of drug-likeness (QED) is 0.851. The summed E-state index contributed by atoms with van der Waals surface area (Å²) in [6.07, 6.45) is -6.70. The van der Waals surface area contributed by atoms with Gasteiger partial charge in [-0.25, -0.2) is 4.99 Å². The van der Waals surface area contributed by atoms with Gasteiger partial charge in [-0.05, 0) is 30.3 Å². The van der Waals surface area contributed by atoms with Gasteiger partial charge in [-0.2, -0.15) is 0 Å². The minimum Gasteiger partial charge on any atom is -0.405 e. The molecule has 1 aliphatic rings. The molecule has 2 aromatic carbocycles. The highest BCUT2D eigenvalue weighted by Crippen LogP contribution is 2.32. The van der Waals surface area contributed by atoms with Crippen LogP contribution in [0.1, 0.15) is 11.1 Å². The number of fused-ring (bicyclic) bond motifs is 1. The van der Waals surface area contributed by atoms with E-state index in [0.29, 0.717) is 0 Å². The lowest BCUT2D eigenvalue weighted by Crippen LogP contribution is -2.24. The van der Waals surface area contributed by atoms with E-state index in [1.165, 1.54) is 36.4 Å². The van der Waals surface area contributed by atoms with Crippen LogP contribution >= 0.6 is 11.6 Å². The van der Waals surface area contributed by atoms with Crippen LogP contribution in [0.15, 0.2) is 47.5 Å². The van der Waals surface area contributed by atoms with Gasteiger partial charge in [0.1, 0.15) is 5.75 Å². The summed E-state index contributed by atoms with van der Waals surface area (Å²) in [6, 6.07) is 9.69. The van der Waals surface area contributed by atoms with E-state index in [0.717, 1.165) is 6.07 Å². The monoisotopic (exact) mass is 370 g/mol. The first-order chi connectivity index (χ1) is 11.7. The number of aliphatic hydroxyl groups is 1. The van der Waals surface area contributed by atoms with E-state index >= 15 is 0 Å². The Hall–Kier alpha value is -2.58. The first-order valence-corrected chi connectivity index (χ1v) is 7.34. The minimum absolute atomic E-state index is 0.0427. The average molecular weight is 371 g/mol. The Morgan fingerprint density at radius 2 is 1.88 bits per heavy atom. The molecule has 9 heteroatoms. The Morgan fingerprint density at radius 3 is 2.60 bits per heavy atom. The third-order valence-electron chi connectivity index (χ3n) is 3.35. The SMILES string of the molecule is O=C1Nc2ccc(Cl)cc2C(c2ccccc2OC(F)(F)F)=NC1O. The highest BCUT2D eigenvalue weighted by atomic mass is 35.5. The van der Waals surface area contributed by atoms with Gasteiger partial charge in [0.05, 0.1) is 11.4 Å². The number of nitrogens with one attached hydrogen (secondary N) is 1. The van der Waals surface area contributed by atoms with Crippen molar-refractivity contribution < 1.29 is 27.8 Å². The van der Waals surface area contributed by atoms with Gasteiger partial charge >= 0.3 is 6.36 Å². The minimum atomic E-state index is -4.91. The number of hydrogen-bond donors (Lipinski definition) is 2. The molecule has 1 heterocycles. The summed E-state index contributed by atoms with van der Waals surface area (Å²) < 4.78 is 42.0. The van der Waals surface area contributed by atoms with Gasteiger partial charge < -0.3 is 15.2 Å². The molecule has 2 aromatic rings. The fraction of sp³-hybridized carbons (Fsp3) is 0.125. The fourth-order valence-corrected chi connectivity index (χ4v) is 2.53. The smallest absolute Gasteiger partial charge is 0.405 e. The standard InChI is InChI=1S/C16H10ClF3N2O3/c17-8-5-6-11-10(7-8)13(22-15(24)14(23)21-11)9-3-1-2-4-12(9)25-16(18,19)20/h1-7,15,24H,(H,21,23). The van der Waals surface area contributed by atoms with Crippen LogP contribution in [-0.4, -0.2) is 29.3 Å². The number of alkyl halides is 3. The molecule has 0 aliphatic carbocycles. The van der Waals surface area contributed by atoms with Gasteiger partial charge in [0, 0.05) is 16.1 Å². The maximum Gasteiger partial charge on any atom is 0.573 e. The van der Waals surface area contributed by atoms with E-state index in [2.05, 4.69) is 15.0 Å². The summed E-state index contributed by atoms with van der Waals surface area (Å²) in [5.74, 6) is -1.32. The molecule has 0 saturated carbocycles. The number of amides is 1. The predicted molar refractivity (Wildman–Crippen MR) is 84.9 cm³/mol. The summed E-state index contributed by atoms with van der Waals surface area (Å²) >= 11 is 5.96. The van der Waals surface area contributed by atoms with Crippen LogP contribution in [0.25, 0.3) is 0 Å². The number of anilines is 1. The lowest BCUT2D eigenvalue weighted by molar-refractivity contribution is -0.274. The van der Waals surface area contributed by atoms with E-state index in [4.69, 9.17) is 11.6 Å². The molecule has 0 spiro atoms. The number of halogens is 4. The lowest BCUT2D eigenvalue weighted by Gasteiger charge is -2.15. The molecule has 1 atom stereocenters. The van der Waals surface area contributed by atoms with Gasteiger partial charge in [-0.15, -0.1) is 13.2 Å². The highest BCUT2D eigenvalue weighted by Gasteiger charge is 2.33. The van der Waals surface area contributed by atoms with Crippen molar-refractivity contribution in [2.24, 2.45) is 4.99 Å². The van der Waals surface area contributed by atoms with Crippen molar-refractivity contribution in [1.82, 2.24) is 0 Å². The molecule has 1 amide bonds. The molecule has 0 fully saturated rings. The number of para-hydroxylation sites is 1. The molecule has 130 valence electrons.